The molecule has 3 aromatic heterocycles. The number of nitrogens with zero attached hydrogens (tertiary/aromatic N) is 4. The first-order valence-electron chi connectivity index (χ1n) is 10.5. The van der Waals surface area contributed by atoms with Crippen LogP contribution in [0.1, 0.15) is 29.9 Å². The molecule has 2 aromatic carbocycles. The first kappa shape index (κ1) is 20.3. The Kier molecular flexibility index (Phi) is 5.37. The predicted molar refractivity (Wildman–Crippen MR) is 132 cm³/mol. The minimum Gasteiger partial charge on any atom is -0.363 e. The lowest BCUT2D eigenvalue weighted by Crippen LogP contribution is -2.09. The van der Waals surface area contributed by atoms with Gasteiger partial charge in [-0.3, -0.25) is 4.98 Å². The number of benzene rings is 2. The minimum absolute atomic E-state index is 0.0823. The van der Waals surface area contributed by atoms with Crippen LogP contribution < -0.4 is 5.32 Å². The van der Waals surface area contributed by atoms with Gasteiger partial charge in [0.05, 0.1) is 21.4 Å². The van der Waals surface area contributed by atoms with Crippen molar-refractivity contribution in [2.75, 3.05) is 5.32 Å². The largest absolute Gasteiger partial charge is 0.363 e. The van der Waals surface area contributed by atoms with Crippen molar-refractivity contribution in [3.63, 3.8) is 0 Å². The van der Waals surface area contributed by atoms with Gasteiger partial charge in [-0.05, 0) is 61.7 Å². The first-order chi connectivity index (χ1) is 15.5. The van der Waals surface area contributed by atoms with E-state index in [1.54, 1.807) is 11.3 Å². The molecule has 0 fully saturated rings. The molecule has 0 radical (unpaired) electrons. The van der Waals surface area contributed by atoms with Crippen molar-refractivity contribution in [1.82, 2.24) is 19.9 Å². The second kappa shape index (κ2) is 8.48. The summed E-state index contributed by atoms with van der Waals surface area (Å²) in [5.41, 5.74) is 9.48. The van der Waals surface area contributed by atoms with Gasteiger partial charge < -0.3 is 5.32 Å². The average molecular weight is 438 g/mol. The van der Waals surface area contributed by atoms with Crippen LogP contribution in [0.2, 0.25) is 0 Å². The molecule has 1 N–H and O–H groups in total. The lowest BCUT2D eigenvalue weighted by atomic mass is 10.0. The quantitative estimate of drug-likeness (QED) is 0.335. The average Bonchev–Trinajstić information content (AvgIpc) is 3.27. The molecular weight excluding hydrogens is 414 g/mol. The zero-order valence-electron chi connectivity index (χ0n) is 18.2. The van der Waals surface area contributed by atoms with Crippen LogP contribution in [0.15, 0.2) is 72.5 Å². The molecule has 5 aromatic rings. The maximum absolute atomic E-state index is 4.66. The van der Waals surface area contributed by atoms with Crippen LogP contribution in [-0.4, -0.2) is 19.9 Å². The molecule has 0 amide bonds. The highest BCUT2D eigenvalue weighted by molar-refractivity contribution is 7.16. The van der Waals surface area contributed by atoms with Crippen LogP contribution in [0.3, 0.4) is 0 Å². The lowest BCUT2D eigenvalue weighted by molar-refractivity contribution is 0.868. The van der Waals surface area contributed by atoms with Gasteiger partial charge in [-0.25, -0.2) is 15.0 Å². The molecule has 0 spiro atoms. The highest BCUT2D eigenvalue weighted by Crippen LogP contribution is 2.28. The summed E-state index contributed by atoms with van der Waals surface area (Å²) >= 11 is 1.64. The standard InChI is InChI=1S/C26H23N5S/c1-16-9-22(14-27-13-16)20-6-4-5-19(10-20)17(2)29-26-12-24(30-18(3)31-26)21-7-8-23-25(11-21)32-15-28-23/h4-15,17H,1-3H3,(H,29,30,31). The van der Waals surface area contributed by atoms with Gasteiger partial charge in [0.2, 0.25) is 0 Å². The maximum Gasteiger partial charge on any atom is 0.130 e. The van der Waals surface area contributed by atoms with Gasteiger partial charge in [0.15, 0.2) is 0 Å². The van der Waals surface area contributed by atoms with Gasteiger partial charge >= 0.3 is 0 Å². The fraction of sp³-hybridized carbons (Fsp3) is 0.154. The number of pyridine rings is 1. The molecule has 6 heteroatoms. The Hall–Kier alpha value is -3.64. The highest BCUT2D eigenvalue weighted by Gasteiger charge is 2.11. The van der Waals surface area contributed by atoms with Crippen LogP contribution in [0.5, 0.6) is 0 Å². The van der Waals surface area contributed by atoms with Crippen molar-refractivity contribution in [3.8, 4) is 22.4 Å². The molecule has 3 heterocycles. The van der Waals surface area contributed by atoms with E-state index in [9.17, 15) is 0 Å². The van der Waals surface area contributed by atoms with Crippen LogP contribution in [0, 0.1) is 13.8 Å². The summed E-state index contributed by atoms with van der Waals surface area (Å²) in [6.07, 6.45) is 3.78. The van der Waals surface area contributed by atoms with E-state index in [-0.39, 0.29) is 6.04 Å². The molecule has 0 aliphatic rings. The van der Waals surface area contributed by atoms with Crippen LogP contribution in [0.25, 0.3) is 32.6 Å². The van der Waals surface area contributed by atoms with Gasteiger partial charge in [0.1, 0.15) is 11.6 Å². The molecule has 0 saturated carbocycles. The third kappa shape index (κ3) is 4.22. The summed E-state index contributed by atoms with van der Waals surface area (Å²) in [4.78, 5) is 18.0. The zero-order valence-corrected chi connectivity index (χ0v) is 19.0. The molecule has 0 bridgehead atoms. The third-order valence-electron chi connectivity index (χ3n) is 5.42. The Labute approximate surface area is 191 Å². The lowest BCUT2D eigenvalue weighted by Gasteiger charge is -2.17. The molecule has 5 rings (SSSR count). The SMILES string of the molecule is Cc1cncc(-c2cccc(C(C)Nc3cc(-c4ccc5ncsc5c4)nc(C)n3)c2)c1. The second-order valence-corrected chi connectivity index (χ2v) is 8.85. The van der Waals surface area contributed by atoms with Crippen molar-refractivity contribution in [2.24, 2.45) is 0 Å². The molecule has 1 unspecified atom stereocenters. The van der Waals surface area contributed by atoms with Gasteiger partial charge in [-0.1, -0.05) is 24.3 Å². The van der Waals surface area contributed by atoms with Gasteiger partial charge in [0, 0.05) is 35.6 Å². The number of aryl methyl sites for hydroxylation is 2. The van der Waals surface area contributed by atoms with E-state index >= 15 is 0 Å². The fourth-order valence-electron chi connectivity index (χ4n) is 3.81. The van der Waals surface area contributed by atoms with E-state index in [0.717, 1.165) is 49.8 Å². The van der Waals surface area contributed by atoms with Crippen molar-refractivity contribution in [3.05, 3.63) is 89.5 Å². The number of hydrogen-bond acceptors (Lipinski definition) is 6. The summed E-state index contributed by atoms with van der Waals surface area (Å²) in [6, 6.07) is 19.1. The van der Waals surface area contributed by atoms with E-state index in [4.69, 9.17) is 0 Å². The number of thiazole rings is 1. The van der Waals surface area contributed by atoms with E-state index in [2.05, 4.69) is 81.6 Å². The van der Waals surface area contributed by atoms with Gasteiger partial charge in [0.25, 0.3) is 0 Å². The van der Waals surface area contributed by atoms with Crippen molar-refractivity contribution in [2.45, 2.75) is 26.8 Å². The zero-order chi connectivity index (χ0) is 22.1. The number of aromatic nitrogens is 4. The monoisotopic (exact) mass is 437 g/mol. The number of hydrogen-bond donors (Lipinski definition) is 1. The molecule has 32 heavy (non-hydrogen) atoms. The predicted octanol–water partition coefficient (Wildman–Crippen LogP) is 6.61. The Bertz CT molecular complexity index is 1410. The molecule has 0 aliphatic heterocycles. The van der Waals surface area contributed by atoms with Crippen molar-refractivity contribution in [1.29, 1.82) is 0 Å². The Morgan fingerprint density at radius 2 is 1.78 bits per heavy atom. The molecule has 0 saturated heterocycles. The number of fused-ring (bicyclic) bond motifs is 1. The molecule has 0 aliphatic carbocycles. The molecule has 5 nitrogen and oxygen atoms in total. The Morgan fingerprint density at radius 3 is 2.66 bits per heavy atom. The summed E-state index contributed by atoms with van der Waals surface area (Å²) in [5, 5.41) is 3.55. The fourth-order valence-corrected chi connectivity index (χ4v) is 4.53. The number of nitrogens with one attached hydrogen (secondary N) is 1. The van der Waals surface area contributed by atoms with Crippen molar-refractivity contribution < 1.29 is 0 Å². The topological polar surface area (TPSA) is 63.6 Å². The summed E-state index contributed by atoms with van der Waals surface area (Å²) in [6.45, 7) is 6.14. The molecular formula is C26H23N5S. The van der Waals surface area contributed by atoms with E-state index < -0.39 is 0 Å². The Balaban J connectivity index is 1.42. The first-order valence-corrected chi connectivity index (χ1v) is 11.4. The molecule has 158 valence electrons. The van der Waals surface area contributed by atoms with Crippen molar-refractivity contribution >= 4 is 27.4 Å². The van der Waals surface area contributed by atoms with E-state index in [1.165, 1.54) is 5.56 Å². The smallest absolute Gasteiger partial charge is 0.130 e. The summed E-state index contributed by atoms with van der Waals surface area (Å²) in [5.74, 6) is 1.55. The summed E-state index contributed by atoms with van der Waals surface area (Å²) < 4.78 is 1.16. The highest BCUT2D eigenvalue weighted by atomic mass is 32.1. The second-order valence-electron chi connectivity index (χ2n) is 7.96. The van der Waals surface area contributed by atoms with Crippen LogP contribution in [-0.2, 0) is 0 Å². The Morgan fingerprint density at radius 1 is 0.875 bits per heavy atom. The van der Waals surface area contributed by atoms with Gasteiger partial charge in [-0.15, -0.1) is 11.3 Å². The molecule has 1 atom stereocenters. The van der Waals surface area contributed by atoms with Crippen LogP contribution >= 0.6 is 11.3 Å². The number of rotatable bonds is 5. The summed E-state index contributed by atoms with van der Waals surface area (Å²) in [7, 11) is 0. The number of anilines is 1. The third-order valence-corrected chi connectivity index (χ3v) is 6.22. The van der Waals surface area contributed by atoms with Crippen LogP contribution in [0.4, 0.5) is 5.82 Å². The normalized spacial score (nSPS) is 12.1. The maximum atomic E-state index is 4.66. The minimum atomic E-state index is 0.0823. The van der Waals surface area contributed by atoms with E-state index in [0.29, 0.717) is 0 Å². The van der Waals surface area contributed by atoms with Gasteiger partial charge in [-0.2, -0.15) is 0 Å². The van der Waals surface area contributed by atoms with E-state index in [1.807, 2.05) is 37.0 Å².